The molecular formula is C27H62. The molecule has 0 aromatic carbocycles. The van der Waals surface area contributed by atoms with Crippen molar-refractivity contribution in [3.05, 3.63) is 25.3 Å². The van der Waals surface area contributed by atoms with E-state index in [1.807, 2.05) is 41.5 Å². The Hall–Kier alpha value is -0.520. The number of hydrogen-bond acceptors (Lipinski definition) is 0. The molecule has 0 spiro atoms. The molecule has 1 aliphatic rings. The van der Waals surface area contributed by atoms with Gasteiger partial charge in [0, 0.05) is 0 Å². The van der Waals surface area contributed by atoms with Gasteiger partial charge >= 0.3 is 0 Å². The molecule has 1 aliphatic carbocycles. The van der Waals surface area contributed by atoms with Crippen molar-refractivity contribution in [3.8, 4) is 0 Å². The highest BCUT2D eigenvalue weighted by Gasteiger charge is 2.26. The van der Waals surface area contributed by atoms with Gasteiger partial charge in [-0.05, 0) is 49.9 Å². The van der Waals surface area contributed by atoms with E-state index in [4.69, 9.17) is 0 Å². The first kappa shape index (κ1) is 41.0. The number of allylic oxidation sites excluding steroid dienone is 2. The highest BCUT2D eigenvalue weighted by atomic mass is 14.3. The van der Waals surface area contributed by atoms with Gasteiger partial charge in [-0.1, -0.05) is 115 Å². The minimum absolute atomic E-state index is 0.862. The van der Waals surface area contributed by atoms with Crippen molar-refractivity contribution in [2.45, 2.75) is 129 Å². The van der Waals surface area contributed by atoms with Crippen LogP contribution in [0.4, 0.5) is 0 Å². The van der Waals surface area contributed by atoms with Gasteiger partial charge in [-0.2, -0.15) is 0 Å². The monoisotopic (exact) mass is 386 g/mol. The molecule has 4 unspecified atom stereocenters. The summed E-state index contributed by atoms with van der Waals surface area (Å²) in [6, 6.07) is 0. The molecule has 170 valence electrons. The van der Waals surface area contributed by atoms with E-state index in [0.717, 1.165) is 23.7 Å². The average Bonchev–Trinajstić information content (AvgIpc) is 3.39. The summed E-state index contributed by atoms with van der Waals surface area (Å²) < 4.78 is 0. The number of rotatable bonds is 5. The molecule has 0 N–H and O–H groups in total. The smallest absolute Gasteiger partial charge is 0.0325 e. The molecule has 1 fully saturated rings. The first-order valence-corrected chi connectivity index (χ1v) is 12.0. The number of hydrogen-bond donors (Lipinski definition) is 0. The summed E-state index contributed by atoms with van der Waals surface area (Å²) in [5.41, 5.74) is 0. The molecule has 0 amide bonds. The molecule has 0 aromatic heterocycles. The van der Waals surface area contributed by atoms with Gasteiger partial charge in [-0.25, -0.2) is 0 Å². The predicted molar refractivity (Wildman–Crippen MR) is 137 cm³/mol. The first-order valence-electron chi connectivity index (χ1n) is 12.0. The van der Waals surface area contributed by atoms with Crippen molar-refractivity contribution >= 4 is 0 Å². The van der Waals surface area contributed by atoms with Crippen LogP contribution >= 0.6 is 0 Å². The van der Waals surface area contributed by atoms with Gasteiger partial charge < -0.3 is 0 Å². The van der Waals surface area contributed by atoms with Gasteiger partial charge in [-0.3, -0.25) is 0 Å². The van der Waals surface area contributed by atoms with E-state index in [1.54, 1.807) is 0 Å². The van der Waals surface area contributed by atoms with E-state index in [9.17, 15) is 0 Å². The van der Waals surface area contributed by atoms with Crippen LogP contribution in [0.3, 0.4) is 0 Å². The summed E-state index contributed by atoms with van der Waals surface area (Å²) in [5, 5.41) is 0. The van der Waals surface area contributed by atoms with E-state index in [1.165, 1.54) is 32.1 Å². The minimum atomic E-state index is 0.862. The fraction of sp³-hybridized carbons (Fsp3) is 0.852. The van der Waals surface area contributed by atoms with Crippen LogP contribution in [0.2, 0.25) is 0 Å². The van der Waals surface area contributed by atoms with E-state index in [-0.39, 0.29) is 0 Å². The Morgan fingerprint density at radius 3 is 1.30 bits per heavy atom. The largest absolute Gasteiger partial charge is 0.106 e. The molecule has 0 aliphatic heterocycles. The van der Waals surface area contributed by atoms with Crippen LogP contribution in [0, 0.1) is 23.7 Å². The van der Waals surface area contributed by atoms with Gasteiger partial charge in [0.1, 0.15) is 0 Å². The van der Waals surface area contributed by atoms with Crippen LogP contribution in [-0.2, 0) is 0 Å². The van der Waals surface area contributed by atoms with Crippen molar-refractivity contribution < 1.29 is 0 Å². The maximum atomic E-state index is 3.00. The fourth-order valence-electron chi connectivity index (χ4n) is 1.83. The van der Waals surface area contributed by atoms with Crippen molar-refractivity contribution in [3.63, 3.8) is 0 Å². The summed E-state index contributed by atoms with van der Waals surface area (Å²) in [7, 11) is 0. The van der Waals surface area contributed by atoms with Crippen LogP contribution in [0.5, 0.6) is 0 Å². The second-order valence-corrected chi connectivity index (χ2v) is 6.56. The quantitative estimate of drug-likeness (QED) is 0.412. The molecule has 0 heteroatoms. The van der Waals surface area contributed by atoms with E-state index in [2.05, 4.69) is 80.7 Å². The van der Waals surface area contributed by atoms with Gasteiger partial charge in [0.05, 0.1) is 0 Å². The normalized spacial score (nSPS) is 17.6. The highest BCUT2D eigenvalue weighted by Crippen LogP contribution is 2.36. The summed E-state index contributed by atoms with van der Waals surface area (Å²) in [6.07, 6.45) is 11.1. The lowest BCUT2D eigenvalue weighted by Crippen LogP contribution is -2.00. The Bertz CT molecular complexity index is 198. The zero-order valence-corrected chi connectivity index (χ0v) is 22.4. The Kier molecular flexibility index (Phi) is 67.9. The molecule has 0 aromatic rings. The fourth-order valence-corrected chi connectivity index (χ4v) is 1.83. The second kappa shape index (κ2) is 44.7. The maximum absolute atomic E-state index is 3.00. The Labute approximate surface area is 178 Å². The molecule has 27 heavy (non-hydrogen) atoms. The van der Waals surface area contributed by atoms with Crippen molar-refractivity contribution in [2.24, 2.45) is 23.7 Å². The van der Waals surface area contributed by atoms with Crippen LogP contribution in [0.25, 0.3) is 0 Å². The Morgan fingerprint density at radius 2 is 1.11 bits per heavy atom. The first-order chi connectivity index (χ1) is 12.9. The molecule has 1 rings (SSSR count). The standard InChI is InChI=1S/C11H22.C5H10.C3H8.3C2H6.C2H4/c1-5-7-8-11(4)9-10(3)6-2;1-4-3-5(4)2;1-3-2;4*1-2/h5,7,10-11H,6,8-9H2,1-4H3;4-5H,3H2,1-2H3;3H2,1-2H3;3*1-2H3;1-2H2. The van der Waals surface area contributed by atoms with Crippen LogP contribution in [0.15, 0.2) is 25.3 Å². The highest BCUT2D eigenvalue weighted by molar-refractivity contribution is 4.79. The third-order valence-electron chi connectivity index (χ3n) is 3.79. The third kappa shape index (κ3) is 58.6. The molecule has 0 heterocycles. The Morgan fingerprint density at radius 1 is 0.815 bits per heavy atom. The van der Waals surface area contributed by atoms with E-state index in [0.29, 0.717) is 0 Å². The van der Waals surface area contributed by atoms with Crippen molar-refractivity contribution in [1.29, 1.82) is 0 Å². The lowest BCUT2D eigenvalue weighted by Gasteiger charge is -2.13. The summed E-state index contributed by atoms with van der Waals surface area (Å²) in [6.45, 7) is 35.9. The zero-order valence-electron chi connectivity index (χ0n) is 22.4. The molecule has 0 bridgehead atoms. The van der Waals surface area contributed by atoms with Gasteiger partial charge in [0.15, 0.2) is 0 Å². The molecule has 0 saturated heterocycles. The lowest BCUT2D eigenvalue weighted by molar-refractivity contribution is 0.408. The molecule has 0 radical (unpaired) electrons. The third-order valence-corrected chi connectivity index (χ3v) is 3.79. The Balaban J connectivity index is -0.0000000575. The topological polar surface area (TPSA) is 0 Å². The van der Waals surface area contributed by atoms with Gasteiger partial charge in [0.2, 0.25) is 0 Å². The lowest BCUT2D eigenvalue weighted by atomic mass is 9.93. The summed E-state index contributed by atoms with van der Waals surface area (Å²) in [5.74, 6) is 3.86. The van der Waals surface area contributed by atoms with E-state index < -0.39 is 0 Å². The van der Waals surface area contributed by atoms with Gasteiger partial charge in [-0.15, -0.1) is 13.2 Å². The van der Waals surface area contributed by atoms with E-state index >= 15 is 0 Å². The molecule has 1 saturated carbocycles. The summed E-state index contributed by atoms with van der Waals surface area (Å²) >= 11 is 0. The van der Waals surface area contributed by atoms with Gasteiger partial charge in [0.25, 0.3) is 0 Å². The van der Waals surface area contributed by atoms with Crippen LogP contribution in [0.1, 0.15) is 129 Å². The summed E-state index contributed by atoms with van der Waals surface area (Å²) in [4.78, 5) is 0. The average molecular weight is 387 g/mol. The predicted octanol–water partition coefficient (Wildman–Crippen LogP) is 11.0. The zero-order chi connectivity index (χ0) is 23.3. The molecule has 0 nitrogen and oxygen atoms in total. The van der Waals surface area contributed by atoms with Crippen molar-refractivity contribution in [2.75, 3.05) is 0 Å². The van der Waals surface area contributed by atoms with Crippen LogP contribution < -0.4 is 0 Å². The minimum Gasteiger partial charge on any atom is -0.106 e. The SMILES string of the molecule is C=C.CC.CC.CC.CC1CC1C.CC=CCC(C)CC(C)CC.CCC. The second-order valence-electron chi connectivity index (χ2n) is 6.56. The van der Waals surface area contributed by atoms with Crippen LogP contribution in [-0.4, -0.2) is 0 Å². The van der Waals surface area contributed by atoms with Crippen molar-refractivity contribution in [1.82, 2.24) is 0 Å². The molecular weight excluding hydrogens is 324 g/mol. The maximum Gasteiger partial charge on any atom is -0.0325 e. The molecule has 4 atom stereocenters.